The zero-order chi connectivity index (χ0) is 34.8. The summed E-state index contributed by atoms with van der Waals surface area (Å²) in [5.41, 5.74) is 10.2. The molecule has 1 aromatic heterocycles. The Bertz CT molecular complexity index is 1080. The second kappa shape index (κ2) is 36.2. The van der Waals surface area contributed by atoms with E-state index in [0.29, 0.717) is 12.8 Å². The molecule has 3 nitrogen and oxygen atoms in total. The number of methoxy groups -OCH3 is 1. The molecule has 1 heterocycles. The standard InChI is InChI=1S/C10H11N.C10H14.C7H9P.C4H8F2.C3H6O.C2H6O.C2H6/c1-4-5-10-6-8(2)9(3)11-7-10;1-3-5-10-7-4-6-9(2)8-10;1-6-2-4-7(8)5-3-6;1-2-3-4(5)6;1-2-3-4;1-3-2;1-2/h5-7H,1H2,2-3H3;4,6-8H,3,5H2,1-2H3;2-5H,8H2,1H3;4H,2-3H2,1H3;3H,2H2,1H3;1-2H3;1-2H3. The average Bonchev–Trinajstić information content (AvgIpc) is 2.99. The molecule has 0 fully saturated rings. The number of aldehydes is 1. The SMILES string of the molecule is C=C=Cc1cnc(C)c(C)c1.CC.CCC=O.CCCC(F)F.CCCc1cccc(C)c1.COC.Cc1ccc(P)cc1. The molecule has 0 aliphatic heterocycles. The highest BCUT2D eigenvalue weighted by molar-refractivity contribution is 7.27. The van der Waals surface area contributed by atoms with Crippen molar-refractivity contribution in [1.29, 1.82) is 0 Å². The number of benzene rings is 2. The van der Waals surface area contributed by atoms with Gasteiger partial charge in [-0.2, -0.15) is 0 Å². The maximum absolute atomic E-state index is 11.0. The molecule has 6 heteroatoms. The number of ether oxygens (including phenoxy) is 1. The first-order valence-corrected chi connectivity index (χ1v) is 15.8. The van der Waals surface area contributed by atoms with Crippen LogP contribution in [0.1, 0.15) is 93.8 Å². The largest absolute Gasteiger partial charge is 0.388 e. The lowest BCUT2D eigenvalue weighted by Gasteiger charge is -1.98. The molecule has 1 atom stereocenters. The van der Waals surface area contributed by atoms with Crippen LogP contribution in [0.15, 0.2) is 73.1 Å². The molecule has 0 spiro atoms. The van der Waals surface area contributed by atoms with Gasteiger partial charge in [-0.1, -0.05) is 114 Å². The second-order valence-corrected chi connectivity index (χ2v) is 10.00. The molecule has 0 N–H and O–H groups in total. The normalized spacial score (nSPS) is 8.61. The maximum atomic E-state index is 11.0. The van der Waals surface area contributed by atoms with Crippen molar-refractivity contribution in [3.63, 3.8) is 0 Å². The van der Waals surface area contributed by atoms with E-state index in [1.807, 2.05) is 46.9 Å². The summed E-state index contributed by atoms with van der Waals surface area (Å²) in [7, 11) is 5.90. The van der Waals surface area contributed by atoms with Gasteiger partial charge in [0.2, 0.25) is 6.43 Å². The van der Waals surface area contributed by atoms with E-state index in [2.05, 4.69) is 107 Å². The minimum absolute atomic E-state index is 0.0417. The van der Waals surface area contributed by atoms with E-state index in [-0.39, 0.29) is 6.42 Å². The fourth-order valence-electron chi connectivity index (χ4n) is 2.80. The minimum atomic E-state index is -2.10. The molecule has 0 amide bonds. The molecule has 248 valence electrons. The van der Waals surface area contributed by atoms with E-state index in [0.717, 1.165) is 17.5 Å². The van der Waals surface area contributed by atoms with Gasteiger partial charge in [0.15, 0.2) is 0 Å². The highest BCUT2D eigenvalue weighted by atomic mass is 31.0. The fraction of sp³-hybridized carbons (Fsp3) is 0.447. The number of carbonyl (C=O) groups is 1. The lowest BCUT2D eigenvalue weighted by molar-refractivity contribution is -0.107. The van der Waals surface area contributed by atoms with Gasteiger partial charge in [0.1, 0.15) is 6.29 Å². The Kier molecular flexibility index (Phi) is 39.5. The summed E-state index contributed by atoms with van der Waals surface area (Å²) >= 11 is 0. The third kappa shape index (κ3) is 35.2. The van der Waals surface area contributed by atoms with Gasteiger partial charge in [-0.25, -0.2) is 8.78 Å². The zero-order valence-corrected chi connectivity index (χ0v) is 30.5. The predicted molar refractivity (Wildman–Crippen MR) is 195 cm³/mol. The Hall–Kier alpha value is -2.97. The summed E-state index contributed by atoms with van der Waals surface area (Å²) in [4.78, 5) is 13.4. The van der Waals surface area contributed by atoms with Gasteiger partial charge in [0, 0.05) is 44.5 Å². The highest BCUT2D eigenvalue weighted by Gasteiger charge is 1.95. The van der Waals surface area contributed by atoms with Crippen LogP contribution in [0.4, 0.5) is 8.78 Å². The van der Waals surface area contributed by atoms with Crippen molar-refractivity contribution in [3.8, 4) is 0 Å². The van der Waals surface area contributed by atoms with Crippen LogP contribution in [-0.4, -0.2) is 31.9 Å². The van der Waals surface area contributed by atoms with Crippen molar-refractivity contribution >= 4 is 26.9 Å². The van der Waals surface area contributed by atoms with Crippen LogP contribution in [0.5, 0.6) is 0 Å². The van der Waals surface area contributed by atoms with Gasteiger partial charge < -0.3 is 9.53 Å². The number of alkyl halides is 2. The maximum Gasteiger partial charge on any atom is 0.238 e. The molecule has 0 aliphatic carbocycles. The molecule has 0 aliphatic rings. The van der Waals surface area contributed by atoms with E-state index in [4.69, 9.17) is 0 Å². The van der Waals surface area contributed by atoms with Gasteiger partial charge in [-0.15, -0.1) is 15.0 Å². The van der Waals surface area contributed by atoms with Crippen molar-refractivity contribution in [3.05, 3.63) is 107 Å². The number of aryl methyl sites for hydroxylation is 5. The Morgan fingerprint density at radius 1 is 0.932 bits per heavy atom. The smallest absolute Gasteiger partial charge is 0.238 e. The van der Waals surface area contributed by atoms with Crippen LogP contribution in [0.3, 0.4) is 0 Å². The van der Waals surface area contributed by atoms with Gasteiger partial charge in [0.05, 0.1) is 0 Å². The lowest BCUT2D eigenvalue weighted by atomic mass is 10.1. The molecule has 0 bridgehead atoms. The number of halogens is 2. The quantitative estimate of drug-likeness (QED) is 0.154. The first-order chi connectivity index (χ1) is 20.9. The second-order valence-electron chi connectivity index (χ2n) is 9.33. The molecular formula is C38H60F2NO2P. The first kappa shape index (κ1) is 47.9. The Morgan fingerprint density at radius 3 is 1.82 bits per heavy atom. The van der Waals surface area contributed by atoms with Crippen molar-refractivity contribution in [1.82, 2.24) is 4.98 Å². The van der Waals surface area contributed by atoms with Crippen LogP contribution >= 0.6 is 9.24 Å². The van der Waals surface area contributed by atoms with E-state index < -0.39 is 6.43 Å². The fourth-order valence-corrected chi connectivity index (χ4v) is 3.00. The van der Waals surface area contributed by atoms with E-state index in [1.165, 1.54) is 40.4 Å². The van der Waals surface area contributed by atoms with Crippen molar-refractivity contribution in [2.45, 2.75) is 101 Å². The highest BCUT2D eigenvalue weighted by Crippen LogP contribution is 2.07. The van der Waals surface area contributed by atoms with Crippen LogP contribution < -0.4 is 5.30 Å². The average molecular weight is 632 g/mol. The Labute approximate surface area is 271 Å². The molecular weight excluding hydrogens is 571 g/mol. The number of aromatic nitrogens is 1. The first-order valence-electron chi connectivity index (χ1n) is 15.2. The van der Waals surface area contributed by atoms with Crippen LogP contribution in [-0.2, 0) is 16.0 Å². The van der Waals surface area contributed by atoms with Gasteiger partial charge in [-0.05, 0) is 62.7 Å². The number of hydrogen-bond donors (Lipinski definition) is 0. The molecule has 0 saturated carbocycles. The number of pyridine rings is 1. The topological polar surface area (TPSA) is 39.2 Å². The Balaban J connectivity index is -0.000000226. The predicted octanol–water partition coefficient (Wildman–Crippen LogP) is 10.9. The summed E-state index contributed by atoms with van der Waals surface area (Å²) in [6, 6.07) is 19.1. The number of hydrogen-bond acceptors (Lipinski definition) is 3. The number of nitrogens with zero attached hydrogens (tertiary/aromatic N) is 1. The van der Waals surface area contributed by atoms with E-state index in [9.17, 15) is 13.6 Å². The Morgan fingerprint density at radius 2 is 1.48 bits per heavy atom. The number of rotatable bonds is 6. The van der Waals surface area contributed by atoms with E-state index >= 15 is 0 Å². The summed E-state index contributed by atoms with van der Waals surface area (Å²) in [5, 5.41) is 1.25. The zero-order valence-electron chi connectivity index (χ0n) is 29.3. The molecule has 44 heavy (non-hydrogen) atoms. The van der Waals surface area contributed by atoms with Gasteiger partial charge in [0.25, 0.3) is 0 Å². The number of carbonyl (C=O) groups excluding carboxylic acids is 1. The van der Waals surface area contributed by atoms with Crippen LogP contribution in [0.25, 0.3) is 6.08 Å². The molecule has 1 unspecified atom stereocenters. The third-order valence-corrected chi connectivity index (χ3v) is 5.39. The monoisotopic (exact) mass is 631 g/mol. The van der Waals surface area contributed by atoms with Gasteiger partial charge in [-0.3, -0.25) is 4.98 Å². The van der Waals surface area contributed by atoms with Crippen LogP contribution in [0, 0.1) is 27.7 Å². The molecule has 2 aromatic carbocycles. The van der Waals surface area contributed by atoms with Crippen molar-refractivity contribution < 1.29 is 18.3 Å². The third-order valence-electron chi connectivity index (χ3n) is 5.00. The molecule has 0 saturated heterocycles. The summed E-state index contributed by atoms with van der Waals surface area (Å²) in [6.07, 6.45) is 6.12. The molecule has 3 rings (SSSR count). The van der Waals surface area contributed by atoms with Crippen molar-refractivity contribution in [2.75, 3.05) is 14.2 Å². The summed E-state index contributed by atoms with van der Waals surface area (Å²) in [5.74, 6) is 0. The molecule has 0 radical (unpaired) electrons. The minimum Gasteiger partial charge on any atom is -0.388 e. The van der Waals surface area contributed by atoms with Gasteiger partial charge >= 0.3 is 0 Å². The molecule has 3 aromatic rings. The summed E-state index contributed by atoms with van der Waals surface area (Å²) < 4.78 is 26.3. The lowest BCUT2D eigenvalue weighted by Crippen LogP contribution is -1.86. The summed E-state index contributed by atoms with van der Waals surface area (Å²) in [6.45, 7) is 21.5. The van der Waals surface area contributed by atoms with E-state index in [1.54, 1.807) is 21.1 Å². The van der Waals surface area contributed by atoms with Crippen LogP contribution in [0.2, 0.25) is 0 Å². The van der Waals surface area contributed by atoms with Crippen molar-refractivity contribution in [2.24, 2.45) is 0 Å².